The van der Waals surface area contributed by atoms with Crippen molar-refractivity contribution in [3.63, 3.8) is 0 Å². The fourth-order valence-corrected chi connectivity index (χ4v) is 2.72. The molecular weight excluding hydrogens is 387 g/mol. The molecule has 0 bridgehead atoms. The lowest BCUT2D eigenvalue weighted by atomic mass is 10.0. The van der Waals surface area contributed by atoms with E-state index >= 15 is 0 Å². The van der Waals surface area contributed by atoms with Crippen molar-refractivity contribution in [1.29, 1.82) is 0 Å². The van der Waals surface area contributed by atoms with Crippen molar-refractivity contribution in [2.24, 2.45) is 5.16 Å². The first kappa shape index (κ1) is 19.4. The van der Waals surface area contributed by atoms with E-state index in [-0.39, 0.29) is 29.0 Å². The monoisotopic (exact) mass is 400 g/mol. The van der Waals surface area contributed by atoms with Crippen LogP contribution in [-0.2, 0) is 16.2 Å². The Labute approximate surface area is 160 Å². The zero-order valence-corrected chi connectivity index (χ0v) is 15.7. The van der Waals surface area contributed by atoms with E-state index in [1.165, 1.54) is 14.2 Å². The smallest absolute Gasteiger partial charge is 0.273 e. The third kappa shape index (κ3) is 4.57. The van der Waals surface area contributed by atoms with Crippen molar-refractivity contribution in [2.75, 3.05) is 14.2 Å². The SMILES string of the molecule is CNC(=O)C(=NOC)c1ccccc1COc1c(Cl)ccc(Cl)c1Cl. The van der Waals surface area contributed by atoms with Gasteiger partial charge in [-0.25, -0.2) is 0 Å². The molecule has 0 atom stereocenters. The minimum atomic E-state index is -0.381. The first-order valence-corrected chi connectivity index (χ1v) is 8.30. The quantitative estimate of drug-likeness (QED) is 0.445. The number of benzene rings is 2. The van der Waals surface area contributed by atoms with E-state index in [1.54, 1.807) is 30.3 Å². The van der Waals surface area contributed by atoms with E-state index in [9.17, 15) is 4.79 Å². The molecule has 0 unspecified atom stereocenters. The Kier molecular flexibility index (Phi) is 6.93. The maximum Gasteiger partial charge on any atom is 0.273 e. The summed E-state index contributed by atoms with van der Waals surface area (Å²) in [4.78, 5) is 16.8. The van der Waals surface area contributed by atoms with Crippen molar-refractivity contribution in [3.05, 3.63) is 62.6 Å². The van der Waals surface area contributed by atoms with E-state index < -0.39 is 0 Å². The highest BCUT2D eigenvalue weighted by molar-refractivity contribution is 6.45. The second kappa shape index (κ2) is 8.94. The highest BCUT2D eigenvalue weighted by atomic mass is 35.5. The first-order valence-electron chi connectivity index (χ1n) is 7.17. The fourth-order valence-electron chi connectivity index (χ4n) is 2.09. The highest BCUT2D eigenvalue weighted by Crippen LogP contribution is 2.38. The van der Waals surface area contributed by atoms with Gasteiger partial charge < -0.3 is 14.9 Å². The molecule has 0 aromatic heterocycles. The number of likely N-dealkylation sites (N-methyl/N-ethyl adjacent to an activating group) is 1. The molecular formula is C17H15Cl3N2O3. The minimum absolute atomic E-state index is 0.107. The van der Waals surface area contributed by atoms with Crippen LogP contribution in [0.5, 0.6) is 5.75 Å². The van der Waals surface area contributed by atoms with E-state index in [2.05, 4.69) is 10.5 Å². The molecule has 0 saturated heterocycles. The van der Waals surface area contributed by atoms with Crippen LogP contribution in [0.1, 0.15) is 11.1 Å². The molecule has 1 amide bonds. The summed E-state index contributed by atoms with van der Waals surface area (Å²) in [6.07, 6.45) is 0. The topological polar surface area (TPSA) is 59.9 Å². The molecule has 2 rings (SSSR count). The van der Waals surface area contributed by atoms with Crippen molar-refractivity contribution in [1.82, 2.24) is 5.32 Å². The number of hydrogen-bond donors (Lipinski definition) is 1. The van der Waals surface area contributed by atoms with Gasteiger partial charge in [-0.3, -0.25) is 4.79 Å². The van der Waals surface area contributed by atoms with Gasteiger partial charge in [0.05, 0.1) is 10.0 Å². The molecule has 0 aliphatic carbocycles. The van der Waals surface area contributed by atoms with Crippen LogP contribution in [-0.4, -0.2) is 25.8 Å². The molecule has 0 spiro atoms. The van der Waals surface area contributed by atoms with E-state index in [4.69, 9.17) is 44.4 Å². The molecule has 0 aliphatic rings. The van der Waals surface area contributed by atoms with Crippen molar-refractivity contribution in [2.45, 2.75) is 6.61 Å². The second-order valence-corrected chi connectivity index (χ2v) is 6.01. The molecule has 0 saturated carbocycles. The average Bonchev–Trinajstić information content (AvgIpc) is 2.63. The number of amides is 1. The molecule has 8 heteroatoms. The fraction of sp³-hybridized carbons (Fsp3) is 0.176. The Balaban J connectivity index is 2.35. The van der Waals surface area contributed by atoms with E-state index in [0.29, 0.717) is 21.2 Å². The van der Waals surface area contributed by atoms with Crippen LogP contribution < -0.4 is 10.1 Å². The lowest BCUT2D eigenvalue weighted by Crippen LogP contribution is -2.29. The number of hydrogen-bond acceptors (Lipinski definition) is 4. The average molecular weight is 402 g/mol. The lowest BCUT2D eigenvalue weighted by Gasteiger charge is -2.14. The van der Waals surface area contributed by atoms with Gasteiger partial charge >= 0.3 is 0 Å². The van der Waals surface area contributed by atoms with Gasteiger partial charge in [0.1, 0.15) is 18.7 Å². The van der Waals surface area contributed by atoms with E-state index in [0.717, 1.165) is 0 Å². The predicted molar refractivity (Wildman–Crippen MR) is 99.9 cm³/mol. The molecule has 132 valence electrons. The van der Waals surface area contributed by atoms with Gasteiger partial charge in [0.15, 0.2) is 11.5 Å². The number of nitrogens with one attached hydrogen (secondary N) is 1. The summed E-state index contributed by atoms with van der Waals surface area (Å²) in [5, 5.41) is 7.23. The Morgan fingerprint density at radius 1 is 1.12 bits per heavy atom. The summed E-state index contributed by atoms with van der Waals surface area (Å²) in [6.45, 7) is 0.107. The van der Waals surface area contributed by atoms with Crippen LogP contribution in [0.3, 0.4) is 0 Å². The summed E-state index contributed by atoms with van der Waals surface area (Å²) >= 11 is 18.2. The third-order valence-electron chi connectivity index (χ3n) is 3.27. The Morgan fingerprint density at radius 3 is 2.48 bits per heavy atom. The molecule has 25 heavy (non-hydrogen) atoms. The van der Waals surface area contributed by atoms with Gasteiger partial charge in [-0.1, -0.05) is 64.2 Å². The standard InChI is InChI=1S/C17H15Cl3N2O3/c1-21-17(23)15(22-24-2)11-6-4-3-5-10(11)9-25-16-13(19)8-7-12(18)14(16)20/h3-8H,9H2,1-2H3,(H,21,23). The molecule has 1 N–H and O–H groups in total. The van der Waals surface area contributed by atoms with Crippen LogP contribution in [0, 0.1) is 0 Å². The lowest BCUT2D eigenvalue weighted by molar-refractivity contribution is -0.114. The third-order valence-corrected chi connectivity index (χ3v) is 4.36. The van der Waals surface area contributed by atoms with Crippen molar-refractivity contribution >= 4 is 46.4 Å². The molecule has 0 heterocycles. The van der Waals surface area contributed by atoms with Gasteiger partial charge in [0, 0.05) is 12.6 Å². The normalized spacial score (nSPS) is 11.2. The van der Waals surface area contributed by atoms with Gasteiger partial charge in [-0.2, -0.15) is 0 Å². The summed E-state index contributed by atoms with van der Waals surface area (Å²) in [6, 6.07) is 10.3. The first-order chi connectivity index (χ1) is 12.0. The number of rotatable bonds is 6. The summed E-state index contributed by atoms with van der Waals surface area (Å²) in [5.41, 5.74) is 1.40. The highest BCUT2D eigenvalue weighted by Gasteiger charge is 2.18. The number of halogens is 3. The Bertz CT molecular complexity index is 810. The van der Waals surface area contributed by atoms with Crippen LogP contribution in [0.15, 0.2) is 41.6 Å². The molecule has 0 aliphatic heterocycles. The molecule has 2 aromatic rings. The van der Waals surface area contributed by atoms with Crippen molar-refractivity contribution < 1.29 is 14.4 Å². The van der Waals surface area contributed by atoms with E-state index in [1.807, 2.05) is 6.07 Å². The Hall–Kier alpha value is -1.95. The van der Waals surface area contributed by atoms with Crippen molar-refractivity contribution in [3.8, 4) is 5.75 Å². The maximum atomic E-state index is 12.1. The van der Waals surface area contributed by atoms with Crippen LogP contribution in [0.4, 0.5) is 0 Å². The zero-order chi connectivity index (χ0) is 18.4. The van der Waals surface area contributed by atoms with Crippen LogP contribution >= 0.6 is 34.8 Å². The molecule has 0 radical (unpaired) electrons. The van der Waals surface area contributed by atoms with Crippen LogP contribution in [0.2, 0.25) is 15.1 Å². The second-order valence-electron chi connectivity index (χ2n) is 4.82. The number of ether oxygens (including phenoxy) is 1. The summed E-state index contributed by atoms with van der Waals surface area (Å²) in [5.74, 6) is -0.107. The number of oxime groups is 1. The van der Waals surface area contributed by atoms with Crippen LogP contribution in [0.25, 0.3) is 0 Å². The number of carbonyl (C=O) groups is 1. The number of carbonyl (C=O) groups excluding carboxylic acids is 1. The molecule has 5 nitrogen and oxygen atoms in total. The molecule has 2 aromatic carbocycles. The Morgan fingerprint density at radius 2 is 1.80 bits per heavy atom. The minimum Gasteiger partial charge on any atom is -0.486 e. The molecule has 0 fully saturated rings. The summed E-state index contributed by atoms with van der Waals surface area (Å²) < 4.78 is 5.74. The largest absolute Gasteiger partial charge is 0.486 e. The zero-order valence-electron chi connectivity index (χ0n) is 13.5. The van der Waals surface area contributed by atoms with Gasteiger partial charge in [0.2, 0.25) is 0 Å². The van der Waals surface area contributed by atoms with Gasteiger partial charge in [-0.05, 0) is 17.7 Å². The number of nitrogens with zero attached hydrogens (tertiary/aromatic N) is 1. The maximum absolute atomic E-state index is 12.1. The van der Waals surface area contributed by atoms with Gasteiger partial charge in [-0.15, -0.1) is 0 Å². The summed E-state index contributed by atoms with van der Waals surface area (Å²) in [7, 11) is 2.88. The van der Waals surface area contributed by atoms with Gasteiger partial charge in [0.25, 0.3) is 5.91 Å². The predicted octanol–water partition coefficient (Wildman–Crippen LogP) is 4.32.